The molecule has 2 rings (SSSR count). The third kappa shape index (κ3) is 3.23. The Hall–Kier alpha value is -0.0800. The van der Waals surface area contributed by atoms with Crippen molar-refractivity contribution in [1.29, 1.82) is 0 Å². The Morgan fingerprint density at radius 2 is 1.88 bits per heavy atom. The maximum Gasteiger partial charge on any atom is 0.00676 e. The van der Waals surface area contributed by atoms with Gasteiger partial charge in [-0.25, -0.2) is 0 Å². The molecule has 1 N–H and O–H groups in total. The van der Waals surface area contributed by atoms with Crippen LogP contribution in [0.5, 0.6) is 0 Å². The van der Waals surface area contributed by atoms with Gasteiger partial charge in [0.15, 0.2) is 0 Å². The lowest BCUT2D eigenvalue weighted by Gasteiger charge is -2.43. The zero-order chi connectivity index (χ0) is 12.3. The van der Waals surface area contributed by atoms with Crippen LogP contribution in [-0.2, 0) is 0 Å². The fourth-order valence-electron chi connectivity index (χ4n) is 3.80. The molecule has 17 heavy (non-hydrogen) atoms. The summed E-state index contributed by atoms with van der Waals surface area (Å²) in [4.78, 5) is 2.74. The van der Waals surface area contributed by atoms with Crippen LogP contribution in [0.1, 0.15) is 52.4 Å². The molecule has 1 atom stereocenters. The summed E-state index contributed by atoms with van der Waals surface area (Å²) in [5, 5.41) is 3.46. The van der Waals surface area contributed by atoms with Crippen LogP contribution in [0.15, 0.2) is 0 Å². The first-order valence-corrected chi connectivity index (χ1v) is 7.54. The molecule has 0 radical (unpaired) electrons. The lowest BCUT2D eigenvalue weighted by atomic mass is 9.70. The van der Waals surface area contributed by atoms with Crippen LogP contribution < -0.4 is 5.32 Å². The molecule has 2 aliphatic rings. The highest BCUT2D eigenvalue weighted by atomic mass is 15.2. The fourth-order valence-corrected chi connectivity index (χ4v) is 3.80. The first-order valence-electron chi connectivity index (χ1n) is 7.54. The first-order chi connectivity index (χ1) is 8.15. The van der Waals surface area contributed by atoms with E-state index in [0.717, 1.165) is 12.0 Å². The Morgan fingerprint density at radius 1 is 1.18 bits per heavy atom. The second kappa shape index (κ2) is 5.71. The van der Waals surface area contributed by atoms with Crippen molar-refractivity contribution < 1.29 is 0 Å². The Labute approximate surface area is 107 Å². The van der Waals surface area contributed by atoms with Crippen molar-refractivity contribution in [3.63, 3.8) is 0 Å². The Morgan fingerprint density at radius 3 is 2.41 bits per heavy atom. The third-order valence-corrected chi connectivity index (χ3v) is 5.12. The summed E-state index contributed by atoms with van der Waals surface area (Å²) in [7, 11) is 2.12. The molecule has 0 aromatic rings. The predicted octanol–water partition coefficient (Wildman–Crippen LogP) is 2.89. The summed E-state index contributed by atoms with van der Waals surface area (Å²) in [6.45, 7) is 8.71. The highest BCUT2D eigenvalue weighted by Crippen LogP contribution is 2.40. The van der Waals surface area contributed by atoms with Crippen LogP contribution in [0.3, 0.4) is 0 Å². The van der Waals surface area contributed by atoms with Crippen LogP contribution in [0.25, 0.3) is 0 Å². The van der Waals surface area contributed by atoms with Crippen LogP contribution >= 0.6 is 0 Å². The number of hydrogen-bond donors (Lipinski definition) is 1. The summed E-state index contributed by atoms with van der Waals surface area (Å²) in [5.41, 5.74) is 0.569. The molecule has 1 heterocycles. The minimum Gasteiger partial charge on any atom is -0.319 e. The second-order valence-corrected chi connectivity index (χ2v) is 6.67. The van der Waals surface area contributed by atoms with Crippen molar-refractivity contribution in [2.45, 2.75) is 58.4 Å². The van der Waals surface area contributed by atoms with Crippen molar-refractivity contribution in [2.24, 2.45) is 11.3 Å². The van der Waals surface area contributed by atoms with E-state index < -0.39 is 0 Å². The lowest BCUT2D eigenvalue weighted by Crippen LogP contribution is -2.46. The summed E-state index contributed by atoms with van der Waals surface area (Å²) < 4.78 is 0. The van der Waals surface area contributed by atoms with Gasteiger partial charge in [0.25, 0.3) is 0 Å². The summed E-state index contributed by atoms with van der Waals surface area (Å²) in [6.07, 6.45) is 8.55. The Balaban J connectivity index is 1.96. The van der Waals surface area contributed by atoms with Crippen molar-refractivity contribution in [3.05, 3.63) is 0 Å². The predicted molar refractivity (Wildman–Crippen MR) is 74.3 cm³/mol. The molecule has 0 amide bonds. The molecule has 2 fully saturated rings. The summed E-state index contributed by atoms with van der Waals surface area (Å²) in [5.74, 6) is 0.955. The molecule has 1 unspecified atom stereocenters. The van der Waals surface area contributed by atoms with Gasteiger partial charge in [-0.05, 0) is 57.5 Å². The highest BCUT2D eigenvalue weighted by Gasteiger charge is 2.37. The largest absolute Gasteiger partial charge is 0.319 e. The molecule has 0 bridgehead atoms. The number of hydrogen-bond acceptors (Lipinski definition) is 2. The first kappa shape index (κ1) is 13.4. The van der Waals surface area contributed by atoms with Crippen LogP contribution in [-0.4, -0.2) is 37.6 Å². The molecule has 0 spiro atoms. The van der Waals surface area contributed by atoms with E-state index in [9.17, 15) is 0 Å². The van der Waals surface area contributed by atoms with E-state index in [-0.39, 0.29) is 0 Å². The summed E-state index contributed by atoms with van der Waals surface area (Å²) >= 11 is 0. The van der Waals surface area contributed by atoms with Crippen molar-refractivity contribution in [3.8, 4) is 0 Å². The van der Waals surface area contributed by atoms with Gasteiger partial charge in [-0.1, -0.05) is 19.8 Å². The maximum atomic E-state index is 3.46. The van der Waals surface area contributed by atoms with Crippen molar-refractivity contribution in [1.82, 2.24) is 10.2 Å². The van der Waals surface area contributed by atoms with E-state index in [4.69, 9.17) is 0 Å². The average molecular weight is 238 g/mol. The third-order valence-electron chi connectivity index (χ3n) is 5.12. The zero-order valence-corrected chi connectivity index (χ0v) is 12.0. The average Bonchev–Trinajstić information content (AvgIpc) is 2.69. The molecule has 1 saturated heterocycles. The molecule has 1 aliphatic heterocycles. The molecule has 0 aromatic carbocycles. The van der Waals surface area contributed by atoms with Crippen LogP contribution in [0, 0.1) is 11.3 Å². The molecular weight excluding hydrogens is 208 g/mol. The van der Waals surface area contributed by atoms with Gasteiger partial charge >= 0.3 is 0 Å². The Bertz CT molecular complexity index is 231. The van der Waals surface area contributed by atoms with Gasteiger partial charge < -0.3 is 10.2 Å². The van der Waals surface area contributed by atoms with Gasteiger partial charge in [-0.15, -0.1) is 0 Å². The second-order valence-electron chi connectivity index (χ2n) is 6.67. The molecule has 0 aromatic heterocycles. The van der Waals surface area contributed by atoms with Gasteiger partial charge in [0.1, 0.15) is 0 Å². The SMILES string of the molecule is CNCC1(CN2CCCC2C)CCC(C)CC1. The number of nitrogens with one attached hydrogen (secondary N) is 1. The Kier molecular flexibility index (Phi) is 4.48. The summed E-state index contributed by atoms with van der Waals surface area (Å²) in [6, 6.07) is 0.822. The van der Waals surface area contributed by atoms with Crippen LogP contribution in [0.2, 0.25) is 0 Å². The fraction of sp³-hybridized carbons (Fsp3) is 1.00. The van der Waals surface area contributed by atoms with E-state index in [1.807, 2.05) is 0 Å². The van der Waals surface area contributed by atoms with Gasteiger partial charge in [0.2, 0.25) is 0 Å². The molecular formula is C15H30N2. The maximum absolute atomic E-state index is 3.46. The smallest absolute Gasteiger partial charge is 0.00676 e. The normalized spacial score (nSPS) is 39.7. The van der Waals surface area contributed by atoms with Gasteiger partial charge in [-0.2, -0.15) is 0 Å². The number of nitrogens with zero attached hydrogens (tertiary/aromatic N) is 1. The van der Waals surface area contributed by atoms with Gasteiger partial charge in [-0.3, -0.25) is 0 Å². The van der Waals surface area contributed by atoms with Gasteiger partial charge in [0, 0.05) is 19.1 Å². The highest BCUT2D eigenvalue weighted by molar-refractivity contribution is 4.91. The van der Waals surface area contributed by atoms with E-state index in [1.165, 1.54) is 58.2 Å². The van der Waals surface area contributed by atoms with E-state index in [0.29, 0.717) is 5.41 Å². The van der Waals surface area contributed by atoms with Crippen LogP contribution in [0.4, 0.5) is 0 Å². The quantitative estimate of drug-likeness (QED) is 0.810. The molecule has 2 heteroatoms. The zero-order valence-electron chi connectivity index (χ0n) is 12.0. The topological polar surface area (TPSA) is 15.3 Å². The number of likely N-dealkylation sites (tertiary alicyclic amines) is 1. The van der Waals surface area contributed by atoms with Crippen molar-refractivity contribution >= 4 is 0 Å². The lowest BCUT2D eigenvalue weighted by molar-refractivity contribution is 0.0851. The monoisotopic (exact) mass is 238 g/mol. The molecule has 100 valence electrons. The van der Waals surface area contributed by atoms with Crippen molar-refractivity contribution in [2.75, 3.05) is 26.7 Å². The molecule has 1 aliphatic carbocycles. The van der Waals surface area contributed by atoms with Gasteiger partial charge in [0.05, 0.1) is 0 Å². The van der Waals surface area contributed by atoms with E-state index >= 15 is 0 Å². The molecule has 1 saturated carbocycles. The van der Waals surface area contributed by atoms with E-state index in [1.54, 1.807) is 0 Å². The minimum atomic E-state index is 0.569. The molecule has 2 nitrogen and oxygen atoms in total. The number of rotatable bonds is 4. The minimum absolute atomic E-state index is 0.569. The standard InChI is InChI=1S/C15H30N2/c1-13-6-8-15(9-7-13,11-16-3)12-17-10-4-5-14(17)2/h13-14,16H,4-12H2,1-3H3. The van der Waals surface area contributed by atoms with E-state index in [2.05, 4.69) is 31.1 Å².